The summed E-state index contributed by atoms with van der Waals surface area (Å²) >= 11 is 6.27. The Morgan fingerprint density at radius 2 is 2.03 bits per heavy atom. The highest BCUT2D eigenvalue weighted by Crippen LogP contribution is 2.37. The Hall–Kier alpha value is -2.08. The highest BCUT2D eigenvalue weighted by molar-refractivity contribution is 7.89. The molecule has 1 aliphatic heterocycles. The summed E-state index contributed by atoms with van der Waals surface area (Å²) in [6.07, 6.45) is -1.53. The number of nitrogens with zero attached hydrogens (tertiary/aromatic N) is 2. The molecule has 0 spiro atoms. The minimum Gasteiger partial charge on any atom is -0.346 e. The van der Waals surface area contributed by atoms with Crippen molar-refractivity contribution in [2.24, 2.45) is 0 Å². The van der Waals surface area contributed by atoms with Crippen molar-refractivity contribution >= 4 is 27.5 Å². The topological polar surface area (TPSA) is 83.4 Å². The van der Waals surface area contributed by atoms with Crippen molar-refractivity contribution in [3.05, 3.63) is 57.9 Å². The highest BCUT2D eigenvalue weighted by atomic mass is 35.5. The van der Waals surface area contributed by atoms with Gasteiger partial charge in [0.2, 0.25) is 10.0 Å². The molecule has 3 rings (SSSR count). The Labute approximate surface area is 202 Å². The predicted octanol–water partition coefficient (Wildman–Crippen LogP) is 3.47. The lowest BCUT2D eigenvalue weighted by Gasteiger charge is -2.33. The van der Waals surface area contributed by atoms with Crippen LogP contribution in [0.1, 0.15) is 46.9 Å². The van der Waals surface area contributed by atoms with Gasteiger partial charge in [-0.1, -0.05) is 11.6 Å². The fourth-order valence-electron chi connectivity index (χ4n) is 4.06. The fourth-order valence-corrected chi connectivity index (χ4v) is 5.36. The molecule has 1 aromatic heterocycles. The Bertz CT molecular complexity index is 1130. The van der Waals surface area contributed by atoms with Crippen LogP contribution in [0.4, 0.5) is 13.2 Å². The fraction of sp³-hybridized carbons (Fsp3) is 0.500. The van der Waals surface area contributed by atoms with Crippen molar-refractivity contribution in [1.82, 2.24) is 19.5 Å². The van der Waals surface area contributed by atoms with Crippen LogP contribution in [0, 0.1) is 0 Å². The number of nitrogens with one attached hydrogen (secondary N) is 2. The van der Waals surface area contributed by atoms with E-state index >= 15 is 0 Å². The second kappa shape index (κ2) is 10.7. The van der Waals surface area contributed by atoms with Gasteiger partial charge in [-0.15, -0.1) is 0 Å². The molecule has 0 unspecified atom stereocenters. The summed E-state index contributed by atoms with van der Waals surface area (Å²) < 4.78 is 67.0. The van der Waals surface area contributed by atoms with Gasteiger partial charge in [0.05, 0.1) is 23.6 Å². The van der Waals surface area contributed by atoms with E-state index in [1.54, 1.807) is 0 Å². The first-order valence-corrected chi connectivity index (χ1v) is 12.9. The van der Waals surface area contributed by atoms with Gasteiger partial charge in [-0.3, -0.25) is 9.69 Å². The molecule has 7 nitrogen and oxygen atoms in total. The van der Waals surface area contributed by atoms with Crippen LogP contribution in [0.25, 0.3) is 0 Å². The molecule has 34 heavy (non-hydrogen) atoms. The van der Waals surface area contributed by atoms with Crippen molar-refractivity contribution in [2.45, 2.75) is 45.1 Å². The minimum absolute atomic E-state index is 0.0240. The van der Waals surface area contributed by atoms with E-state index in [0.29, 0.717) is 13.1 Å². The Balaban J connectivity index is 1.82. The summed E-state index contributed by atoms with van der Waals surface area (Å²) in [5, 5.41) is 5.51. The average molecular weight is 521 g/mol. The summed E-state index contributed by atoms with van der Waals surface area (Å²) in [5.41, 5.74) is -0.971. The second-order valence-corrected chi connectivity index (χ2v) is 10.8. The third kappa shape index (κ3) is 6.12. The van der Waals surface area contributed by atoms with Gasteiger partial charge in [-0.25, -0.2) is 12.4 Å². The SMILES string of the molecule is CCS(=O)(=O)n1cccc1CNC(=O)c1cc(Cl)c(CN2CCC[C@H](NC)C2)c(C(F)(F)F)c1. The lowest BCUT2D eigenvalue weighted by molar-refractivity contribution is -0.138. The zero-order chi connectivity index (χ0) is 25.1. The van der Waals surface area contributed by atoms with Crippen LogP contribution in [-0.4, -0.2) is 55.1 Å². The summed E-state index contributed by atoms with van der Waals surface area (Å²) in [4.78, 5) is 14.6. The molecule has 1 fully saturated rings. The predicted molar refractivity (Wildman–Crippen MR) is 124 cm³/mol. The van der Waals surface area contributed by atoms with Gasteiger partial charge in [0.1, 0.15) is 0 Å². The third-order valence-electron chi connectivity index (χ3n) is 5.95. The molecule has 2 heterocycles. The average Bonchev–Trinajstić information content (AvgIpc) is 3.27. The zero-order valence-corrected chi connectivity index (χ0v) is 20.5. The van der Waals surface area contributed by atoms with Gasteiger partial charge in [-0.2, -0.15) is 13.2 Å². The molecule has 0 aliphatic carbocycles. The summed E-state index contributed by atoms with van der Waals surface area (Å²) in [7, 11) is -1.75. The number of piperidine rings is 1. The number of carbonyl (C=O) groups excluding carboxylic acids is 1. The van der Waals surface area contributed by atoms with E-state index in [0.717, 1.165) is 22.9 Å². The monoisotopic (exact) mass is 520 g/mol. The lowest BCUT2D eigenvalue weighted by atomic mass is 10.00. The smallest absolute Gasteiger partial charge is 0.346 e. The number of hydrogen-bond acceptors (Lipinski definition) is 5. The van der Waals surface area contributed by atoms with Gasteiger partial charge in [0.15, 0.2) is 0 Å². The van der Waals surface area contributed by atoms with Crippen molar-refractivity contribution in [2.75, 3.05) is 25.9 Å². The maximum absolute atomic E-state index is 13.9. The maximum atomic E-state index is 13.9. The highest BCUT2D eigenvalue weighted by Gasteiger charge is 2.36. The molecule has 1 amide bonds. The normalized spacial score (nSPS) is 17.6. The van der Waals surface area contributed by atoms with E-state index < -0.39 is 27.7 Å². The second-order valence-electron chi connectivity index (χ2n) is 8.22. The van der Waals surface area contributed by atoms with Gasteiger partial charge >= 0.3 is 6.18 Å². The van der Waals surface area contributed by atoms with Crippen molar-refractivity contribution in [3.8, 4) is 0 Å². The molecule has 1 saturated heterocycles. The number of carbonyl (C=O) groups is 1. The van der Waals surface area contributed by atoms with Crippen LogP contribution in [0.2, 0.25) is 5.02 Å². The quantitative estimate of drug-likeness (QED) is 0.557. The summed E-state index contributed by atoms with van der Waals surface area (Å²) in [5.74, 6) is -0.922. The number of hydrogen-bond donors (Lipinski definition) is 2. The van der Waals surface area contributed by atoms with E-state index in [1.165, 1.54) is 31.3 Å². The van der Waals surface area contributed by atoms with Gasteiger partial charge < -0.3 is 10.6 Å². The van der Waals surface area contributed by atoms with Crippen molar-refractivity contribution in [1.29, 1.82) is 0 Å². The van der Waals surface area contributed by atoms with E-state index in [-0.39, 0.29) is 46.7 Å². The molecular weight excluding hydrogens is 493 g/mol. The Kier molecular flexibility index (Phi) is 8.33. The van der Waals surface area contributed by atoms with Crippen LogP contribution >= 0.6 is 11.6 Å². The number of aromatic nitrogens is 1. The van der Waals surface area contributed by atoms with Crippen LogP contribution in [0.15, 0.2) is 30.5 Å². The van der Waals surface area contributed by atoms with E-state index in [9.17, 15) is 26.4 Å². The van der Waals surface area contributed by atoms with Gasteiger partial charge in [-0.05, 0) is 63.2 Å². The molecule has 188 valence electrons. The Morgan fingerprint density at radius 1 is 1.29 bits per heavy atom. The summed E-state index contributed by atoms with van der Waals surface area (Å²) in [6.45, 7) is 2.60. The molecule has 2 aromatic rings. The minimum atomic E-state index is -4.70. The number of rotatable bonds is 8. The number of amides is 1. The van der Waals surface area contributed by atoms with Crippen LogP contribution in [0.5, 0.6) is 0 Å². The third-order valence-corrected chi connectivity index (χ3v) is 7.97. The molecule has 2 N–H and O–H groups in total. The molecule has 1 atom stereocenters. The molecule has 1 aromatic carbocycles. The first kappa shape index (κ1) is 26.5. The number of benzene rings is 1. The molecule has 12 heteroatoms. The van der Waals surface area contributed by atoms with Gasteiger partial charge in [0.25, 0.3) is 5.91 Å². The first-order valence-electron chi connectivity index (χ1n) is 10.9. The molecule has 0 radical (unpaired) electrons. The molecule has 0 bridgehead atoms. The van der Waals surface area contributed by atoms with Crippen LogP contribution in [0.3, 0.4) is 0 Å². The van der Waals surface area contributed by atoms with Crippen molar-refractivity contribution < 1.29 is 26.4 Å². The molecular formula is C22H28ClF3N4O3S. The van der Waals surface area contributed by atoms with E-state index in [2.05, 4.69) is 10.6 Å². The van der Waals surface area contributed by atoms with E-state index in [4.69, 9.17) is 11.6 Å². The van der Waals surface area contributed by atoms with Crippen LogP contribution in [-0.2, 0) is 29.3 Å². The van der Waals surface area contributed by atoms with E-state index in [1.807, 2.05) is 11.9 Å². The standard InChI is InChI=1S/C22H28ClF3N4O3S/c1-3-34(32,33)30-9-5-7-17(30)12-28-21(31)15-10-19(22(24,25)26)18(20(23)11-15)14-29-8-4-6-16(13-29)27-2/h5,7,9-11,16,27H,3-4,6,8,12-14H2,1-2H3,(H,28,31)/t16-/m0/s1. The zero-order valence-electron chi connectivity index (χ0n) is 19.0. The maximum Gasteiger partial charge on any atom is 0.416 e. The van der Waals surface area contributed by atoms with Crippen molar-refractivity contribution in [3.63, 3.8) is 0 Å². The number of likely N-dealkylation sites (N-methyl/N-ethyl adjacent to an activating group) is 1. The largest absolute Gasteiger partial charge is 0.416 e. The van der Waals surface area contributed by atoms with Crippen LogP contribution < -0.4 is 10.6 Å². The number of alkyl halides is 3. The number of halogens is 4. The van der Waals surface area contributed by atoms with Gasteiger partial charge in [0, 0.05) is 35.9 Å². The molecule has 1 aliphatic rings. The first-order chi connectivity index (χ1) is 16.0. The molecule has 0 saturated carbocycles. The lowest BCUT2D eigenvalue weighted by Crippen LogP contribution is -2.44. The number of likely N-dealkylation sites (tertiary alicyclic amines) is 1. The summed E-state index contributed by atoms with van der Waals surface area (Å²) in [6, 6.07) is 5.26. The Morgan fingerprint density at radius 3 is 2.68 bits per heavy atom.